The first kappa shape index (κ1) is 13.6. The Labute approximate surface area is 119 Å². The Bertz CT molecular complexity index is 457. The molecule has 0 bridgehead atoms. The Balaban J connectivity index is 2.24. The highest BCUT2D eigenvalue weighted by atomic mass is 79.9. The zero-order valence-corrected chi connectivity index (χ0v) is 12.4. The van der Waals surface area contributed by atoms with Crippen molar-refractivity contribution in [2.45, 2.75) is 12.2 Å². The Morgan fingerprint density at radius 1 is 1.72 bits per heavy atom. The molecule has 0 saturated carbocycles. The zero-order chi connectivity index (χ0) is 13.1. The molecule has 0 aromatic carbocycles. The molecule has 3 N–H and O–H groups in total. The number of pyridine rings is 1. The van der Waals surface area contributed by atoms with E-state index in [1.54, 1.807) is 12.3 Å². The van der Waals surface area contributed by atoms with E-state index in [0.717, 1.165) is 23.3 Å². The van der Waals surface area contributed by atoms with E-state index in [-0.39, 0.29) is 5.91 Å². The number of hydrogen-bond acceptors (Lipinski definition) is 5. The molecule has 18 heavy (non-hydrogen) atoms. The molecule has 7 heteroatoms. The molecule has 1 aromatic rings. The van der Waals surface area contributed by atoms with Crippen LogP contribution in [0.2, 0.25) is 0 Å². The number of nitrogen functional groups attached to an aromatic ring is 1. The third kappa shape index (κ3) is 2.96. The minimum absolute atomic E-state index is 0.0242. The van der Waals surface area contributed by atoms with Crippen LogP contribution >= 0.6 is 27.7 Å². The van der Waals surface area contributed by atoms with E-state index >= 15 is 0 Å². The third-order valence-corrected chi connectivity index (χ3v) is 4.32. The van der Waals surface area contributed by atoms with Crippen LogP contribution < -0.4 is 11.3 Å². The van der Waals surface area contributed by atoms with Crippen molar-refractivity contribution in [3.8, 4) is 0 Å². The summed E-state index contributed by atoms with van der Waals surface area (Å²) in [5.74, 6) is 6.75. The molecular formula is C11H15BrN4OS. The van der Waals surface area contributed by atoms with Gasteiger partial charge in [0.25, 0.3) is 5.91 Å². The highest BCUT2D eigenvalue weighted by Crippen LogP contribution is 2.23. The van der Waals surface area contributed by atoms with E-state index in [1.807, 2.05) is 16.7 Å². The van der Waals surface area contributed by atoms with Crippen molar-refractivity contribution in [3.63, 3.8) is 0 Å². The van der Waals surface area contributed by atoms with Crippen LogP contribution in [0.1, 0.15) is 17.3 Å². The number of rotatable bonds is 2. The average molecular weight is 331 g/mol. The van der Waals surface area contributed by atoms with Gasteiger partial charge in [-0.3, -0.25) is 4.79 Å². The smallest absolute Gasteiger partial charge is 0.257 e. The van der Waals surface area contributed by atoms with Gasteiger partial charge in [0, 0.05) is 34.8 Å². The van der Waals surface area contributed by atoms with Crippen LogP contribution in [-0.4, -0.2) is 39.9 Å². The lowest BCUT2D eigenvalue weighted by Crippen LogP contribution is -2.41. The number of aromatic nitrogens is 1. The van der Waals surface area contributed by atoms with Gasteiger partial charge in [0.15, 0.2) is 5.82 Å². The number of nitrogens with two attached hydrogens (primary N) is 1. The lowest BCUT2D eigenvalue weighted by Gasteiger charge is -2.31. The summed E-state index contributed by atoms with van der Waals surface area (Å²) in [4.78, 5) is 18.4. The van der Waals surface area contributed by atoms with Crippen molar-refractivity contribution in [1.82, 2.24) is 9.88 Å². The molecule has 98 valence electrons. The van der Waals surface area contributed by atoms with Crippen LogP contribution in [0, 0.1) is 0 Å². The number of carbonyl (C=O) groups excluding carboxylic acids is 1. The number of nitrogens with one attached hydrogen (secondary N) is 1. The van der Waals surface area contributed by atoms with E-state index in [4.69, 9.17) is 5.84 Å². The first-order valence-electron chi connectivity index (χ1n) is 5.65. The van der Waals surface area contributed by atoms with Crippen molar-refractivity contribution < 1.29 is 4.79 Å². The van der Waals surface area contributed by atoms with Crippen LogP contribution in [0.5, 0.6) is 0 Å². The molecule has 1 aromatic heterocycles. The van der Waals surface area contributed by atoms with Gasteiger partial charge < -0.3 is 10.3 Å². The highest BCUT2D eigenvalue weighted by molar-refractivity contribution is 9.10. The maximum absolute atomic E-state index is 12.4. The number of hydrogen-bond donors (Lipinski definition) is 2. The summed E-state index contributed by atoms with van der Waals surface area (Å²) >= 11 is 5.21. The summed E-state index contributed by atoms with van der Waals surface area (Å²) in [5.41, 5.74) is 2.97. The fraction of sp³-hybridized carbons (Fsp3) is 0.455. The maximum Gasteiger partial charge on any atom is 0.257 e. The molecule has 1 aliphatic rings. The lowest BCUT2D eigenvalue weighted by molar-refractivity contribution is 0.0763. The van der Waals surface area contributed by atoms with Crippen molar-refractivity contribution in [2.75, 3.05) is 24.3 Å². The molecule has 0 radical (unpaired) electrons. The highest BCUT2D eigenvalue weighted by Gasteiger charge is 2.24. The van der Waals surface area contributed by atoms with Gasteiger partial charge in [-0.15, -0.1) is 0 Å². The van der Waals surface area contributed by atoms with E-state index in [2.05, 4.69) is 33.3 Å². The normalized spacial score (nSPS) is 19.7. The molecular weight excluding hydrogens is 316 g/mol. The Morgan fingerprint density at radius 2 is 2.50 bits per heavy atom. The van der Waals surface area contributed by atoms with Crippen molar-refractivity contribution in [2.24, 2.45) is 5.84 Å². The van der Waals surface area contributed by atoms with Gasteiger partial charge in [0.2, 0.25) is 0 Å². The number of halogens is 1. The summed E-state index contributed by atoms with van der Waals surface area (Å²) in [6, 6.07) is 1.75. The summed E-state index contributed by atoms with van der Waals surface area (Å²) < 4.78 is 0.768. The first-order chi connectivity index (χ1) is 8.61. The lowest BCUT2D eigenvalue weighted by atomic mass is 10.2. The SMILES string of the molecule is CC1CN(C(=O)c2cc(Br)cnc2NN)CCS1. The average Bonchev–Trinajstić information content (AvgIpc) is 2.38. The summed E-state index contributed by atoms with van der Waals surface area (Å²) in [6.07, 6.45) is 1.61. The second kappa shape index (κ2) is 5.90. The Hall–Kier alpha value is -0.790. The third-order valence-electron chi connectivity index (χ3n) is 2.75. The van der Waals surface area contributed by atoms with E-state index in [0.29, 0.717) is 16.6 Å². The van der Waals surface area contributed by atoms with Gasteiger partial charge >= 0.3 is 0 Å². The molecule has 1 aliphatic heterocycles. The molecule has 2 heterocycles. The molecule has 1 atom stereocenters. The number of nitrogens with zero attached hydrogens (tertiary/aromatic N) is 2. The Morgan fingerprint density at radius 3 is 3.17 bits per heavy atom. The second-order valence-electron chi connectivity index (χ2n) is 4.13. The number of amides is 1. The van der Waals surface area contributed by atoms with Gasteiger partial charge in [-0.1, -0.05) is 6.92 Å². The van der Waals surface area contributed by atoms with Crippen LogP contribution in [0.25, 0.3) is 0 Å². The molecule has 1 unspecified atom stereocenters. The van der Waals surface area contributed by atoms with Crippen molar-refractivity contribution in [3.05, 3.63) is 22.3 Å². The molecule has 0 aliphatic carbocycles. The topological polar surface area (TPSA) is 71.2 Å². The molecule has 5 nitrogen and oxygen atoms in total. The number of hydrazine groups is 1. The fourth-order valence-corrected chi connectivity index (χ4v) is 3.24. The number of carbonyl (C=O) groups is 1. The fourth-order valence-electron chi connectivity index (χ4n) is 1.89. The zero-order valence-electron chi connectivity index (χ0n) is 10.0. The molecule has 2 rings (SSSR count). The van der Waals surface area contributed by atoms with Gasteiger partial charge in [-0.2, -0.15) is 11.8 Å². The minimum atomic E-state index is -0.0242. The summed E-state index contributed by atoms with van der Waals surface area (Å²) in [6.45, 7) is 3.66. The largest absolute Gasteiger partial charge is 0.337 e. The molecule has 1 fully saturated rings. The van der Waals surface area contributed by atoms with Gasteiger partial charge in [0.05, 0.1) is 5.56 Å². The summed E-state index contributed by atoms with van der Waals surface area (Å²) in [5, 5.41) is 0.470. The van der Waals surface area contributed by atoms with E-state index in [9.17, 15) is 4.79 Å². The predicted molar refractivity (Wildman–Crippen MR) is 77.6 cm³/mol. The van der Waals surface area contributed by atoms with Crippen LogP contribution in [0.15, 0.2) is 16.7 Å². The van der Waals surface area contributed by atoms with Crippen LogP contribution in [-0.2, 0) is 0 Å². The quantitative estimate of drug-likeness (QED) is 0.638. The van der Waals surface area contributed by atoms with E-state index in [1.165, 1.54) is 0 Å². The number of anilines is 1. The van der Waals surface area contributed by atoms with Crippen LogP contribution in [0.4, 0.5) is 5.82 Å². The first-order valence-corrected chi connectivity index (χ1v) is 7.49. The predicted octanol–water partition coefficient (Wildman–Crippen LogP) is 1.71. The van der Waals surface area contributed by atoms with Crippen LogP contribution in [0.3, 0.4) is 0 Å². The van der Waals surface area contributed by atoms with Crippen molar-refractivity contribution >= 4 is 39.4 Å². The minimum Gasteiger partial charge on any atom is -0.337 e. The van der Waals surface area contributed by atoms with E-state index < -0.39 is 0 Å². The van der Waals surface area contributed by atoms with Gasteiger partial charge in [-0.05, 0) is 22.0 Å². The second-order valence-corrected chi connectivity index (χ2v) is 6.59. The van der Waals surface area contributed by atoms with Gasteiger partial charge in [0.1, 0.15) is 0 Å². The summed E-state index contributed by atoms with van der Waals surface area (Å²) in [7, 11) is 0. The monoisotopic (exact) mass is 330 g/mol. The molecule has 1 amide bonds. The standard InChI is InChI=1S/C11H15BrN4OS/c1-7-6-16(2-3-18-7)11(17)9-4-8(12)5-14-10(9)15-13/h4-5,7H,2-3,6,13H2,1H3,(H,14,15). The molecule has 1 saturated heterocycles. The van der Waals surface area contributed by atoms with Gasteiger partial charge in [-0.25, -0.2) is 10.8 Å². The molecule has 0 spiro atoms. The maximum atomic E-state index is 12.4. The van der Waals surface area contributed by atoms with Crippen molar-refractivity contribution in [1.29, 1.82) is 0 Å². The Kier molecular flexibility index (Phi) is 4.47. The number of thioether (sulfide) groups is 1.